The highest BCUT2D eigenvalue weighted by Gasteiger charge is 2.05. The van der Waals surface area contributed by atoms with E-state index in [2.05, 4.69) is 27.2 Å². The van der Waals surface area contributed by atoms with Crippen molar-refractivity contribution in [2.75, 3.05) is 0 Å². The van der Waals surface area contributed by atoms with Gasteiger partial charge in [-0.15, -0.1) is 11.8 Å². The third-order valence-electron chi connectivity index (χ3n) is 2.93. The van der Waals surface area contributed by atoms with E-state index in [0.29, 0.717) is 4.64 Å². The Kier molecular flexibility index (Phi) is 4.17. The summed E-state index contributed by atoms with van der Waals surface area (Å²) in [6.45, 7) is 0. The van der Waals surface area contributed by atoms with Crippen LogP contribution < -0.4 is 0 Å². The maximum Gasteiger partial charge on any atom is 0.130 e. The van der Waals surface area contributed by atoms with Crippen molar-refractivity contribution >= 4 is 24.0 Å². The van der Waals surface area contributed by atoms with Crippen molar-refractivity contribution in [1.82, 2.24) is 19.7 Å². The molecule has 106 valence electrons. The SMILES string of the molecule is Cn1cc(-c2cc(=S)nc(CSc3ccccc3)[nH]2)cn1. The van der Waals surface area contributed by atoms with Gasteiger partial charge in [0, 0.05) is 23.7 Å². The fourth-order valence-corrected chi connectivity index (χ4v) is 2.98. The van der Waals surface area contributed by atoms with Crippen LogP contribution in [-0.4, -0.2) is 19.7 Å². The van der Waals surface area contributed by atoms with E-state index < -0.39 is 0 Å². The van der Waals surface area contributed by atoms with E-state index in [4.69, 9.17) is 12.2 Å². The largest absolute Gasteiger partial charge is 0.342 e. The normalized spacial score (nSPS) is 10.7. The number of benzene rings is 1. The summed E-state index contributed by atoms with van der Waals surface area (Å²) in [5, 5.41) is 4.18. The zero-order chi connectivity index (χ0) is 14.7. The number of hydrogen-bond acceptors (Lipinski definition) is 4. The third-order valence-corrected chi connectivity index (χ3v) is 4.16. The van der Waals surface area contributed by atoms with Crippen molar-refractivity contribution in [2.45, 2.75) is 10.6 Å². The van der Waals surface area contributed by atoms with E-state index >= 15 is 0 Å². The molecule has 0 aliphatic rings. The van der Waals surface area contributed by atoms with Gasteiger partial charge in [-0.05, 0) is 18.2 Å². The van der Waals surface area contributed by atoms with Crippen LogP contribution in [0.4, 0.5) is 0 Å². The Balaban J connectivity index is 1.83. The maximum atomic E-state index is 5.26. The van der Waals surface area contributed by atoms with E-state index in [1.165, 1.54) is 4.90 Å². The molecule has 0 aliphatic heterocycles. The fraction of sp³-hybridized carbons (Fsp3) is 0.133. The summed E-state index contributed by atoms with van der Waals surface area (Å²) in [6, 6.07) is 12.1. The molecule has 3 rings (SSSR count). The van der Waals surface area contributed by atoms with Crippen molar-refractivity contribution in [3.63, 3.8) is 0 Å². The zero-order valence-corrected chi connectivity index (χ0v) is 13.1. The van der Waals surface area contributed by atoms with Crippen molar-refractivity contribution in [1.29, 1.82) is 0 Å². The van der Waals surface area contributed by atoms with Crippen LogP contribution in [0.2, 0.25) is 0 Å². The molecule has 0 fully saturated rings. The number of aromatic nitrogens is 4. The number of H-pyrrole nitrogens is 1. The Bertz CT molecular complexity index is 793. The molecule has 0 spiro atoms. The molecule has 21 heavy (non-hydrogen) atoms. The second-order valence-electron chi connectivity index (χ2n) is 4.58. The van der Waals surface area contributed by atoms with Crippen molar-refractivity contribution < 1.29 is 0 Å². The highest BCUT2D eigenvalue weighted by molar-refractivity contribution is 7.98. The highest BCUT2D eigenvalue weighted by atomic mass is 32.2. The van der Waals surface area contributed by atoms with Crippen LogP contribution in [-0.2, 0) is 12.8 Å². The van der Waals surface area contributed by atoms with Crippen LogP contribution >= 0.6 is 24.0 Å². The van der Waals surface area contributed by atoms with Crippen LogP contribution in [0, 0.1) is 4.64 Å². The van der Waals surface area contributed by atoms with Gasteiger partial charge in [0.2, 0.25) is 0 Å². The number of rotatable bonds is 4. The van der Waals surface area contributed by atoms with Gasteiger partial charge in [-0.3, -0.25) is 4.68 Å². The minimum absolute atomic E-state index is 0.594. The first-order chi connectivity index (χ1) is 10.2. The molecule has 0 amide bonds. The molecule has 6 heteroatoms. The Morgan fingerprint density at radius 2 is 2.10 bits per heavy atom. The third kappa shape index (κ3) is 3.59. The van der Waals surface area contributed by atoms with Crippen LogP contribution in [0.3, 0.4) is 0 Å². The van der Waals surface area contributed by atoms with E-state index in [1.807, 2.05) is 43.7 Å². The van der Waals surface area contributed by atoms with Gasteiger partial charge in [-0.2, -0.15) is 5.10 Å². The smallest absolute Gasteiger partial charge is 0.130 e. The molecule has 0 saturated heterocycles. The van der Waals surface area contributed by atoms with E-state index in [-0.39, 0.29) is 0 Å². The summed E-state index contributed by atoms with van der Waals surface area (Å²) in [4.78, 5) is 8.94. The molecule has 0 saturated carbocycles. The molecule has 0 bridgehead atoms. The summed E-state index contributed by atoms with van der Waals surface area (Å²) in [6.07, 6.45) is 3.77. The Morgan fingerprint density at radius 3 is 2.81 bits per heavy atom. The minimum Gasteiger partial charge on any atom is -0.342 e. The number of nitrogens with one attached hydrogen (secondary N) is 1. The molecule has 1 N–H and O–H groups in total. The average molecular weight is 314 g/mol. The Hall–Kier alpha value is -1.92. The quantitative estimate of drug-likeness (QED) is 0.587. The number of hydrogen-bond donors (Lipinski definition) is 1. The second kappa shape index (κ2) is 6.24. The van der Waals surface area contributed by atoms with Gasteiger partial charge < -0.3 is 4.98 Å². The molecule has 2 aromatic heterocycles. The predicted octanol–water partition coefficient (Wildman–Crippen LogP) is 3.83. The fourth-order valence-electron chi connectivity index (χ4n) is 1.96. The van der Waals surface area contributed by atoms with Crippen LogP contribution in [0.5, 0.6) is 0 Å². The number of aromatic amines is 1. The van der Waals surface area contributed by atoms with Gasteiger partial charge in [0.15, 0.2) is 0 Å². The molecule has 2 heterocycles. The van der Waals surface area contributed by atoms with Gasteiger partial charge >= 0.3 is 0 Å². The van der Waals surface area contributed by atoms with Crippen LogP contribution in [0.25, 0.3) is 11.3 Å². The second-order valence-corrected chi connectivity index (χ2v) is 6.05. The zero-order valence-electron chi connectivity index (χ0n) is 11.5. The standard InChI is InChI=1S/C15H14N4S2/c1-19-9-11(8-16-19)13-7-15(20)18-14(17-13)10-21-12-5-3-2-4-6-12/h2-9H,10H2,1H3,(H,17,18,20). The molecular weight excluding hydrogens is 300 g/mol. The van der Waals surface area contributed by atoms with E-state index in [0.717, 1.165) is 22.8 Å². The number of thioether (sulfide) groups is 1. The minimum atomic E-state index is 0.594. The first kappa shape index (κ1) is 14.0. The van der Waals surface area contributed by atoms with Gasteiger partial charge in [0.05, 0.1) is 17.6 Å². The van der Waals surface area contributed by atoms with E-state index in [9.17, 15) is 0 Å². The van der Waals surface area contributed by atoms with Gasteiger partial charge in [0.1, 0.15) is 10.5 Å². The average Bonchev–Trinajstić information content (AvgIpc) is 2.92. The summed E-state index contributed by atoms with van der Waals surface area (Å²) in [5.41, 5.74) is 1.96. The molecule has 4 nitrogen and oxygen atoms in total. The lowest BCUT2D eigenvalue weighted by atomic mass is 10.2. The van der Waals surface area contributed by atoms with Crippen LogP contribution in [0.1, 0.15) is 5.82 Å². The predicted molar refractivity (Wildman–Crippen MR) is 87.6 cm³/mol. The lowest BCUT2D eigenvalue weighted by molar-refractivity contribution is 0.768. The summed E-state index contributed by atoms with van der Waals surface area (Å²) in [5.74, 6) is 1.62. The van der Waals surface area contributed by atoms with Crippen LogP contribution in [0.15, 0.2) is 53.7 Å². The summed E-state index contributed by atoms with van der Waals surface area (Å²) >= 11 is 6.99. The molecular formula is C15H14N4S2. The molecule has 3 aromatic rings. The van der Waals surface area contributed by atoms with Crippen molar-refractivity contribution in [3.05, 3.63) is 59.3 Å². The number of nitrogens with zero attached hydrogens (tertiary/aromatic N) is 3. The Morgan fingerprint density at radius 1 is 1.29 bits per heavy atom. The maximum absolute atomic E-state index is 5.26. The van der Waals surface area contributed by atoms with Gasteiger partial charge in [-0.1, -0.05) is 30.4 Å². The van der Waals surface area contributed by atoms with Crippen molar-refractivity contribution in [3.8, 4) is 11.3 Å². The lowest BCUT2D eigenvalue weighted by Gasteiger charge is -2.04. The summed E-state index contributed by atoms with van der Waals surface area (Å²) in [7, 11) is 1.89. The molecule has 0 unspecified atom stereocenters. The molecule has 0 radical (unpaired) electrons. The van der Waals surface area contributed by atoms with Crippen molar-refractivity contribution in [2.24, 2.45) is 7.05 Å². The van der Waals surface area contributed by atoms with E-state index in [1.54, 1.807) is 16.4 Å². The molecule has 1 aromatic carbocycles. The molecule has 0 atom stereocenters. The topological polar surface area (TPSA) is 46.5 Å². The molecule has 0 aliphatic carbocycles. The highest BCUT2D eigenvalue weighted by Crippen LogP contribution is 2.22. The van der Waals surface area contributed by atoms with Gasteiger partial charge in [-0.25, -0.2) is 4.98 Å². The number of aryl methyl sites for hydroxylation is 1. The van der Waals surface area contributed by atoms with Gasteiger partial charge in [0.25, 0.3) is 0 Å². The first-order valence-electron chi connectivity index (χ1n) is 6.48. The lowest BCUT2D eigenvalue weighted by Crippen LogP contribution is -1.95. The monoisotopic (exact) mass is 314 g/mol. The first-order valence-corrected chi connectivity index (χ1v) is 7.87. The summed E-state index contributed by atoms with van der Waals surface area (Å²) < 4.78 is 2.36. The Labute approximate surface area is 132 Å².